The summed E-state index contributed by atoms with van der Waals surface area (Å²) in [7, 11) is 0. The molecule has 1 aromatic carbocycles. The minimum absolute atomic E-state index is 0.107. The molecule has 20 heavy (non-hydrogen) atoms. The first-order valence-corrected chi connectivity index (χ1v) is 7.65. The van der Waals surface area contributed by atoms with E-state index in [-0.39, 0.29) is 6.10 Å². The fourth-order valence-electron chi connectivity index (χ4n) is 2.13. The Kier molecular flexibility index (Phi) is 3.89. The zero-order valence-electron chi connectivity index (χ0n) is 11.7. The molecule has 1 N–H and O–H groups in total. The van der Waals surface area contributed by atoms with Crippen molar-refractivity contribution >= 4 is 11.3 Å². The predicted molar refractivity (Wildman–Crippen MR) is 79.5 cm³/mol. The van der Waals surface area contributed by atoms with Crippen LogP contribution in [0.3, 0.4) is 0 Å². The zero-order valence-corrected chi connectivity index (χ0v) is 12.5. The topological polar surface area (TPSA) is 43.4 Å². The fraction of sp³-hybridized carbons (Fsp3) is 0.400. The largest absolute Gasteiger partial charge is 0.485 e. The van der Waals surface area contributed by atoms with Gasteiger partial charge in [0.05, 0.1) is 5.69 Å². The summed E-state index contributed by atoms with van der Waals surface area (Å²) in [6, 6.07) is 7.76. The SMILES string of the molecule is CCNCc1sc(C2COc3ccccc3O2)nc1C. The van der Waals surface area contributed by atoms with Gasteiger partial charge in [-0.25, -0.2) is 4.98 Å². The molecule has 0 amide bonds. The minimum atomic E-state index is -0.107. The van der Waals surface area contributed by atoms with Gasteiger partial charge in [0.2, 0.25) is 0 Å². The molecule has 5 heteroatoms. The van der Waals surface area contributed by atoms with Crippen molar-refractivity contribution in [1.29, 1.82) is 0 Å². The van der Waals surface area contributed by atoms with E-state index in [1.165, 1.54) is 4.88 Å². The summed E-state index contributed by atoms with van der Waals surface area (Å²) >= 11 is 1.70. The van der Waals surface area contributed by atoms with Crippen molar-refractivity contribution in [3.05, 3.63) is 39.8 Å². The number of hydrogen-bond donors (Lipinski definition) is 1. The van der Waals surface area contributed by atoms with E-state index < -0.39 is 0 Å². The third-order valence-electron chi connectivity index (χ3n) is 3.23. The van der Waals surface area contributed by atoms with E-state index in [0.717, 1.165) is 35.3 Å². The van der Waals surface area contributed by atoms with Gasteiger partial charge in [-0.15, -0.1) is 11.3 Å². The highest BCUT2D eigenvalue weighted by Gasteiger charge is 2.25. The van der Waals surface area contributed by atoms with Crippen LogP contribution in [0.2, 0.25) is 0 Å². The second-order valence-electron chi connectivity index (χ2n) is 4.71. The number of aromatic nitrogens is 1. The molecule has 2 heterocycles. The van der Waals surface area contributed by atoms with Gasteiger partial charge in [0, 0.05) is 11.4 Å². The highest BCUT2D eigenvalue weighted by atomic mass is 32.1. The van der Waals surface area contributed by atoms with Crippen LogP contribution in [0.5, 0.6) is 11.5 Å². The summed E-state index contributed by atoms with van der Waals surface area (Å²) in [4.78, 5) is 5.90. The molecule has 1 aliphatic rings. The maximum Gasteiger partial charge on any atom is 0.184 e. The van der Waals surface area contributed by atoms with Gasteiger partial charge < -0.3 is 14.8 Å². The molecule has 4 nitrogen and oxygen atoms in total. The highest BCUT2D eigenvalue weighted by molar-refractivity contribution is 7.11. The van der Waals surface area contributed by atoms with Gasteiger partial charge in [-0.1, -0.05) is 19.1 Å². The predicted octanol–water partition coefficient (Wildman–Crippen LogP) is 3.07. The number of para-hydroxylation sites is 2. The van der Waals surface area contributed by atoms with Crippen LogP contribution in [0.25, 0.3) is 0 Å². The van der Waals surface area contributed by atoms with Crippen molar-refractivity contribution in [3.8, 4) is 11.5 Å². The lowest BCUT2D eigenvalue weighted by atomic mass is 10.2. The van der Waals surface area contributed by atoms with Crippen LogP contribution in [0.4, 0.5) is 0 Å². The molecule has 0 aliphatic carbocycles. The van der Waals surface area contributed by atoms with Gasteiger partial charge in [0.25, 0.3) is 0 Å². The van der Waals surface area contributed by atoms with E-state index in [2.05, 4.69) is 17.2 Å². The Morgan fingerprint density at radius 3 is 2.95 bits per heavy atom. The molecular formula is C15H18N2O2S. The summed E-state index contributed by atoms with van der Waals surface area (Å²) in [6.45, 7) is 6.49. The molecule has 0 radical (unpaired) electrons. The molecule has 1 unspecified atom stereocenters. The fourth-order valence-corrected chi connectivity index (χ4v) is 3.18. The number of hydrogen-bond acceptors (Lipinski definition) is 5. The van der Waals surface area contributed by atoms with Crippen molar-refractivity contribution in [1.82, 2.24) is 10.3 Å². The standard InChI is InChI=1S/C15H18N2O2S/c1-3-16-8-14-10(2)17-15(20-14)13-9-18-11-6-4-5-7-12(11)19-13/h4-7,13,16H,3,8-9H2,1-2H3. The van der Waals surface area contributed by atoms with E-state index in [1.54, 1.807) is 11.3 Å². The molecule has 0 saturated heterocycles. The molecule has 0 spiro atoms. The number of fused-ring (bicyclic) bond motifs is 1. The monoisotopic (exact) mass is 290 g/mol. The number of thiazole rings is 1. The molecule has 1 aromatic heterocycles. The molecule has 1 atom stereocenters. The van der Waals surface area contributed by atoms with Gasteiger partial charge in [0.1, 0.15) is 11.6 Å². The number of nitrogens with one attached hydrogen (secondary N) is 1. The van der Waals surface area contributed by atoms with Crippen molar-refractivity contribution in [2.45, 2.75) is 26.5 Å². The molecule has 1 aliphatic heterocycles. The Bertz CT molecular complexity index is 597. The highest BCUT2D eigenvalue weighted by Crippen LogP contribution is 2.37. The average molecular weight is 290 g/mol. The smallest absolute Gasteiger partial charge is 0.184 e. The third-order valence-corrected chi connectivity index (χ3v) is 4.48. The second-order valence-corrected chi connectivity index (χ2v) is 5.82. The van der Waals surface area contributed by atoms with Crippen LogP contribution in [-0.2, 0) is 6.54 Å². The van der Waals surface area contributed by atoms with Crippen LogP contribution in [0.1, 0.15) is 28.6 Å². The summed E-state index contributed by atoms with van der Waals surface area (Å²) in [5.41, 5.74) is 1.08. The first-order valence-electron chi connectivity index (χ1n) is 6.83. The lowest BCUT2D eigenvalue weighted by molar-refractivity contribution is 0.0910. The molecule has 0 fully saturated rings. The third kappa shape index (κ3) is 2.64. The van der Waals surface area contributed by atoms with Crippen molar-refractivity contribution in [2.75, 3.05) is 13.2 Å². The van der Waals surface area contributed by atoms with E-state index in [4.69, 9.17) is 9.47 Å². The first-order chi connectivity index (χ1) is 9.78. The Morgan fingerprint density at radius 2 is 2.15 bits per heavy atom. The second kappa shape index (κ2) is 5.81. The van der Waals surface area contributed by atoms with Crippen LogP contribution < -0.4 is 14.8 Å². The molecule has 0 saturated carbocycles. The molecule has 0 bridgehead atoms. The Labute approximate surface area is 122 Å². The first kappa shape index (κ1) is 13.4. The van der Waals surface area contributed by atoms with E-state index in [1.807, 2.05) is 31.2 Å². The van der Waals surface area contributed by atoms with Gasteiger partial charge in [0.15, 0.2) is 17.6 Å². The quantitative estimate of drug-likeness (QED) is 0.940. The number of rotatable bonds is 4. The van der Waals surface area contributed by atoms with Crippen LogP contribution in [0, 0.1) is 6.92 Å². The van der Waals surface area contributed by atoms with E-state index in [9.17, 15) is 0 Å². The maximum atomic E-state index is 5.99. The van der Waals surface area contributed by atoms with Gasteiger partial charge in [-0.3, -0.25) is 0 Å². The van der Waals surface area contributed by atoms with Gasteiger partial charge in [-0.05, 0) is 25.6 Å². The number of aryl methyl sites for hydroxylation is 1. The van der Waals surface area contributed by atoms with Crippen LogP contribution in [-0.4, -0.2) is 18.1 Å². The number of benzene rings is 1. The normalized spacial score (nSPS) is 17.2. The maximum absolute atomic E-state index is 5.99. The Morgan fingerprint density at radius 1 is 1.35 bits per heavy atom. The van der Waals surface area contributed by atoms with Crippen LogP contribution in [0.15, 0.2) is 24.3 Å². The van der Waals surface area contributed by atoms with Crippen molar-refractivity contribution < 1.29 is 9.47 Å². The molecular weight excluding hydrogens is 272 g/mol. The Hall–Kier alpha value is -1.59. The molecule has 2 aromatic rings. The van der Waals surface area contributed by atoms with Gasteiger partial charge in [-0.2, -0.15) is 0 Å². The summed E-state index contributed by atoms with van der Waals surface area (Å²) in [5.74, 6) is 1.61. The van der Waals surface area contributed by atoms with Crippen molar-refractivity contribution in [2.24, 2.45) is 0 Å². The lowest BCUT2D eigenvalue weighted by Gasteiger charge is -2.24. The zero-order chi connectivity index (χ0) is 13.9. The summed E-state index contributed by atoms with van der Waals surface area (Å²) < 4.78 is 11.7. The number of nitrogens with zero attached hydrogens (tertiary/aromatic N) is 1. The minimum Gasteiger partial charge on any atom is -0.485 e. The van der Waals surface area contributed by atoms with E-state index in [0.29, 0.717) is 6.61 Å². The van der Waals surface area contributed by atoms with Crippen molar-refractivity contribution in [3.63, 3.8) is 0 Å². The Balaban J connectivity index is 1.78. The van der Waals surface area contributed by atoms with Gasteiger partial charge >= 0.3 is 0 Å². The molecule has 106 valence electrons. The van der Waals surface area contributed by atoms with Crippen LogP contribution >= 0.6 is 11.3 Å². The lowest BCUT2D eigenvalue weighted by Crippen LogP contribution is -2.21. The number of ether oxygens (including phenoxy) is 2. The summed E-state index contributed by atoms with van der Waals surface area (Å²) in [5, 5.41) is 4.33. The van der Waals surface area contributed by atoms with E-state index >= 15 is 0 Å². The summed E-state index contributed by atoms with van der Waals surface area (Å²) in [6.07, 6.45) is -0.107. The molecule has 3 rings (SSSR count). The average Bonchev–Trinajstić information content (AvgIpc) is 2.86.